The number of oxazole rings is 1. The molecule has 0 saturated heterocycles. The van der Waals surface area contributed by atoms with E-state index < -0.39 is 0 Å². The number of hydrogen-bond donors (Lipinski definition) is 0. The second-order valence-electron chi connectivity index (χ2n) is 1.53. The van der Waals surface area contributed by atoms with Crippen molar-refractivity contribution in [1.29, 1.82) is 0 Å². The molecule has 1 aromatic heterocycles. The highest BCUT2D eigenvalue weighted by Crippen LogP contribution is 1.96. The lowest BCUT2D eigenvalue weighted by molar-refractivity contribution is 0.495. The van der Waals surface area contributed by atoms with Crippen LogP contribution in [0.5, 0.6) is 0 Å². The van der Waals surface area contributed by atoms with E-state index in [9.17, 15) is 0 Å². The lowest BCUT2D eigenvalue weighted by Gasteiger charge is -1.83. The Bertz CT molecular complexity index is 134. The number of nitrogens with zero attached hydrogens (tertiary/aromatic N) is 1. The van der Waals surface area contributed by atoms with Crippen molar-refractivity contribution in [2.45, 2.75) is 12.8 Å². The molecule has 43 valence electrons. The molecule has 0 spiro atoms. The van der Waals surface area contributed by atoms with E-state index in [0.29, 0.717) is 0 Å². The van der Waals surface area contributed by atoms with E-state index in [1.54, 1.807) is 12.5 Å². The quantitative estimate of drug-likeness (QED) is 0.575. The van der Waals surface area contributed by atoms with Gasteiger partial charge in [0.15, 0.2) is 5.89 Å². The molecule has 0 N–H and O–H groups in total. The summed E-state index contributed by atoms with van der Waals surface area (Å²) in [6.07, 6.45) is 4.91. The van der Waals surface area contributed by atoms with Crippen molar-refractivity contribution >= 4 is 0 Å². The van der Waals surface area contributed by atoms with Crippen LogP contribution in [0.25, 0.3) is 0 Å². The Labute approximate surface area is 48.5 Å². The van der Waals surface area contributed by atoms with Crippen LogP contribution < -0.4 is 0 Å². The summed E-state index contributed by atoms with van der Waals surface area (Å²) in [6, 6.07) is 0. The van der Waals surface area contributed by atoms with Crippen LogP contribution in [0.3, 0.4) is 0 Å². The summed E-state index contributed by atoms with van der Waals surface area (Å²) in [5.41, 5.74) is 0. The molecular weight excluding hydrogens is 102 g/mol. The van der Waals surface area contributed by atoms with E-state index in [4.69, 9.17) is 4.42 Å². The summed E-state index contributed by atoms with van der Waals surface area (Å²) >= 11 is 0. The summed E-state index contributed by atoms with van der Waals surface area (Å²) in [7, 11) is 0. The van der Waals surface area contributed by atoms with Gasteiger partial charge in [-0.15, -0.1) is 0 Å². The molecule has 1 heterocycles. The average molecular weight is 110 g/mol. The summed E-state index contributed by atoms with van der Waals surface area (Å²) in [4.78, 5) is 3.90. The Balaban J connectivity index is 2.50. The Morgan fingerprint density at radius 3 is 3.12 bits per heavy atom. The van der Waals surface area contributed by atoms with Gasteiger partial charge in [0, 0.05) is 6.42 Å². The van der Waals surface area contributed by atoms with Gasteiger partial charge in [-0.2, -0.15) is 0 Å². The first kappa shape index (κ1) is 5.35. The van der Waals surface area contributed by atoms with Gasteiger partial charge in [-0.05, 0) is 6.42 Å². The second-order valence-corrected chi connectivity index (χ2v) is 1.53. The zero-order chi connectivity index (χ0) is 5.82. The first-order chi connectivity index (χ1) is 3.93. The highest BCUT2D eigenvalue weighted by atomic mass is 16.3. The third kappa shape index (κ3) is 1.09. The van der Waals surface area contributed by atoms with Crippen molar-refractivity contribution in [3.8, 4) is 0 Å². The third-order valence-corrected chi connectivity index (χ3v) is 0.874. The van der Waals surface area contributed by atoms with E-state index in [2.05, 4.69) is 11.9 Å². The van der Waals surface area contributed by atoms with Gasteiger partial charge < -0.3 is 4.42 Å². The van der Waals surface area contributed by atoms with Crippen LogP contribution in [-0.4, -0.2) is 4.98 Å². The molecule has 0 aliphatic rings. The molecular formula is C6H8NO. The van der Waals surface area contributed by atoms with Crippen LogP contribution in [0.1, 0.15) is 12.3 Å². The molecule has 1 rings (SSSR count). The van der Waals surface area contributed by atoms with Gasteiger partial charge in [-0.3, -0.25) is 0 Å². The molecule has 1 aromatic rings. The Morgan fingerprint density at radius 1 is 1.75 bits per heavy atom. The fourth-order valence-corrected chi connectivity index (χ4v) is 0.528. The van der Waals surface area contributed by atoms with Gasteiger partial charge in [-0.1, -0.05) is 6.92 Å². The number of rotatable bonds is 2. The van der Waals surface area contributed by atoms with E-state index in [0.717, 1.165) is 18.7 Å². The molecule has 0 bridgehead atoms. The van der Waals surface area contributed by atoms with Crippen molar-refractivity contribution in [1.82, 2.24) is 4.98 Å². The molecule has 2 nitrogen and oxygen atoms in total. The van der Waals surface area contributed by atoms with Crippen molar-refractivity contribution in [3.05, 3.63) is 25.3 Å². The van der Waals surface area contributed by atoms with Crippen LogP contribution in [0, 0.1) is 6.92 Å². The van der Waals surface area contributed by atoms with Crippen LogP contribution in [0.15, 0.2) is 16.9 Å². The standard InChI is InChI=1S/C6H8NO/c1-2-3-6-7-4-5-8-6/h4-5H,1-3H2. The van der Waals surface area contributed by atoms with Crippen LogP contribution in [0.2, 0.25) is 0 Å². The van der Waals surface area contributed by atoms with Gasteiger partial charge in [0.2, 0.25) is 0 Å². The molecule has 0 aromatic carbocycles. The minimum atomic E-state index is 0.778. The normalized spacial score (nSPS) is 9.62. The maximum Gasteiger partial charge on any atom is 0.193 e. The van der Waals surface area contributed by atoms with Gasteiger partial charge in [0.25, 0.3) is 0 Å². The highest BCUT2D eigenvalue weighted by molar-refractivity contribution is 4.79. The van der Waals surface area contributed by atoms with E-state index in [-0.39, 0.29) is 0 Å². The first-order valence-electron chi connectivity index (χ1n) is 2.61. The number of aryl methyl sites for hydroxylation is 1. The monoisotopic (exact) mass is 110 g/mol. The summed E-state index contributed by atoms with van der Waals surface area (Å²) in [6.45, 7) is 3.66. The summed E-state index contributed by atoms with van der Waals surface area (Å²) < 4.78 is 4.92. The topological polar surface area (TPSA) is 26.0 Å². The first-order valence-corrected chi connectivity index (χ1v) is 2.61. The maximum absolute atomic E-state index is 4.92. The van der Waals surface area contributed by atoms with Crippen LogP contribution >= 0.6 is 0 Å². The van der Waals surface area contributed by atoms with Crippen molar-refractivity contribution in [2.75, 3.05) is 0 Å². The highest BCUT2D eigenvalue weighted by Gasteiger charge is 1.90. The van der Waals surface area contributed by atoms with E-state index in [1.165, 1.54) is 0 Å². The zero-order valence-corrected chi connectivity index (χ0v) is 4.63. The Hall–Kier alpha value is -0.790. The SMILES string of the molecule is [CH2]CCc1ncco1. The van der Waals surface area contributed by atoms with Crippen LogP contribution in [-0.2, 0) is 6.42 Å². The largest absolute Gasteiger partial charge is 0.449 e. The Morgan fingerprint density at radius 2 is 2.62 bits per heavy atom. The lowest BCUT2D eigenvalue weighted by Crippen LogP contribution is -1.79. The minimum absolute atomic E-state index is 0.778. The molecule has 8 heavy (non-hydrogen) atoms. The predicted molar refractivity (Wildman–Crippen MR) is 30.2 cm³/mol. The van der Waals surface area contributed by atoms with Crippen molar-refractivity contribution < 1.29 is 4.42 Å². The molecule has 2 heteroatoms. The van der Waals surface area contributed by atoms with E-state index >= 15 is 0 Å². The number of aromatic nitrogens is 1. The van der Waals surface area contributed by atoms with Crippen LogP contribution in [0.4, 0.5) is 0 Å². The average Bonchev–Trinajstić information content (AvgIpc) is 2.19. The van der Waals surface area contributed by atoms with Gasteiger partial charge in [-0.25, -0.2) is 4.98 Å². The molecule has 0 fully saturated rings. The van der Waals surface area contributed by atoms with Gasteiger partial charge >= 0.3 is 0 Å². The fraction of sp³-hybridized carbons (Fsp3) is 0.333. The fourth-order valence-electron chi connectivity index (χ4n) is 0.528. The molecule has 0 unspecified atom stereocenters. The molecule has 0 aliphatic heterocycles. The molecule has 1 radical (unpaired) electrons. The van der Waals surface area contributed by atoms with Gasteiger partial charge in [0.05, 0.1) is 6.20 Å². The molecule has 0 atom stereocenters. The Kier molecular flexibility index (Phi) is 1.67. The van der Waals surface area contributed by atoms with Crippen molar-refractivity contribution in [2.24, 2.45) is 0 Å². The lowest BCUT2D eigenvalue weighted by atomic mass is 10.3. The van der Waals surface area contributed by atoms with E-state index in [1.807, 2.05) is 0 Å². The summed E-state index contributed by atoms with van der Waals surface area (Å²) in [5, 5.41) is 0. The smallest absolute Gasteiger partial charge is 0.193 e. The zero-order valence-electron chi connectivity index (χ0n) is 4.63. The molecule has 0 aliphatic carbocycles. The summed E-state index contributed by atoms with van der Waals surface area (Å²) in [5.74, 6) is 0.778. The minimum Gasteiger partial charge on any atom is -0.449 e. The molecule has 0 amide bonds. The van der Waals surface area contributed by atoms with Crippen molar-refractivity contribution in [3.63, 3.8) is 0 Å². The predicted octanol–water partition coefficient (Wildman–Crippen LogP) is 1.44. The van der Waals surface area contributed by atoms with Gasteiger partial charge in [0.1, 0.15) is 6.26 Å². The second kappa shape index (κ2) is 2.50. The molecule has 0 saturated carbocycles. The maximum atomic E-state index is 4.92. The number of hydrogen-bond acceptors (Lipinski definition) is 2. The third-order valence-electron chi connectivity index (χ3n) is 0.874.